The number of pyridine rings is 1. The largest absolute Gasteiger partial charge is 0.463 e. The quantitative estimate of drug-likeness (QED) is 0.345. The zero-order chi connectivity index (χ0) is 33.9. The van der Waals surface area contributed by atoms with E-state index in [0.29, 0.717) is 30.8 Å². The Labute approximate surface area is 273 Å². The summed E-state index contributed by atoms with van der Waals surface area (Å²) in [5, 5.41) is 12.1. The molecule has 4 aliphatic rings. The van der Waals surface area contributed by atoms with Crippen LogP contribution in [0.3, 0.4) is 0 Å². The van der Waals surface area contributed by atoms with Gasteiger partial charge in [-0.05, 0) is 57.6 Å². The number of cyclic esters (lactones) is 1. The molecule has 9 atom stereocenters. The summed E-state index contributed by atoms with van der Waals surface area (Å²) in [4.78, 5) is 59.3. The minimum atomic E-state index is -1.72. The number of hydrogen-bond donors (Lipinski definition) is 1. The van der Waals surface area contributed by atoms with Crippen LogP contribution in [0.15, 0.2) is 18.2 Å². The summed E-state index contributed by atoms with van der Waals surface area (Å²) in [6, 6.07) is 5.28. The standard InChI is InChI=1S/C34H43N3O10/c1-8-34(42)24-12-26-28-20(13-37(26)31(40)23(24)15-43-33(34)41)11-21-22(14-36(6)7)27(10-9-25(21)35-28)47-32-30(46-19(5)39)29(45-18(4)38)16(2)17(3)44-32/h9-11,16-17,23-24,26,29-30,32,42H,8,12-15H2,1-7H3/t16-,17+,23?,24?,26?,29-,30+,32+,34+/m1/s1. The molecule has 254 valence electrons. The number of aromatic nitrogens is 1. The van der Waals surface area contributed by atoms with E-state index in [2.05, 4.69) is 0 Å². The maximum atomic E-state index is 13.7. The van der Waals surface area contributed by atoms with Gasteiger partial charge in [0, 0.05) is 49.7 Å². The molecule has 1 aromatic carbocycles. The minimum Gasteiger partial charge on any atom is -0.463 e. The number of aliphatic hydroxyl groups is 1. The van der Waals surface area contributed by atoms with Crippen LogP contribution >= 0.6 is 0 Å². The van der Waals surface area contributed by atoms with Gasteiger partial charge in [0.2, 0.25) is 18.3 Å². The normalized spacial score (nSPS) is 33.2. The highest BCUT2D eigenvalue weighted by Gasteiger charge is 2.59. The Kier molecular flexibility index (Phi) is 8.69. The van der Waals surface area contributed by atoms with Crippen molar-refractivity contribution in [1.29, 1.82) is 0 Å². The SMILES string of the molecule is CC[C@@]1(O)C(=O)OCC2C(=O)N3Cc4cc5c(CN(C)C)c(O[C@@H]6O[C@@H](C)[C@@H](C)[C@@H](OC(C)=O)[C@@H]6OC(C)=O)ccc5nc4C3CC21. The topological polar surface area (TPSA) is 154 Å². The molecule has 0 saturated carbocycles. The van der Waals surface area contributed by atoms with Crippen LogP contribution in [0.5, 0.6) is 5.75 Å². The summed E-state index contributed by atoms with van der Waals surface area (Å²) in [7, 11) is 3.86. The summed E-state index contributed by atoms with van der Waals surface area (Å²) in [6.45, 7) is 8.81. The number of rotatable bonds is 7. The van der Waals surface area contributed by atoms with Crippen molar-refractivity contribution in [2.45, 2.75) is 96.8 Å². The van der Waals surface area contributed by atoms with Crippen LogP contribution < -0.4 is 4.74 Å². The lowest BCUT2D eigenvalue weighted by atomic mass is 9.69. The third-order valence-corrected chi connectivity index (χ3v) is 10.2. The lowest BCUT2D eigenvalue weighted by Crippen LogP contribution is -2.61. The third kappa shape index (κ3) is 5.72. The number of ether oxygens (including phenoxy) is 5. The molecule has 4 aliphatic heterocycles. The van der Waals surface area contributed by atoms with E-state index in [1.807, 2.05) is 45.0 Å². The van der Waals surface area contributed by atoms with Crippen molar-refractivity contribution in [3.8, 4) is 5.75 Å². The van der Waals surface area contributed by atoms with E-state index in [-0.39, 0.29) is 37.0 Å². The van der Waals surface area contributed by atoms with Crippen LogP contribution in [-0.2, 0) is 51.2 Å². The highest BCUT2D eigenvalue weighted by molar-refractivity contribution is 5.89. The molecule has 6 rings (SSSR count). The first-order valence-corrected chi connectivity index (χ1v) is 16.2. The van der Waals surface area contributed by atoms with Crippen molar-refractivity contribution < 1.29 is 48.0 Å². The molecule has 0 aliphatic carbocycles. The molecular weight excluding hydrogens is 610 g/mol. The zero-order valence-corrected chi connectivity index (χ0v) is 27.8. The molecule has 2 aromatic rings. The van der Waals surface area contributed by atoms with Crippen LogP contribution in [0.25, 0.3) is 10.9 Å². The zero-order valence-electron chi connectivity index (χ0n) is 27.8. The van der Waals surface area contributed by atoms with Crippen LogP contribution in [0.4, 0.5) is 0 Å². The van der Waals surface area contributed by atoms with Crippen molar-refractivity contribution in [2.24, 2.45) is 17.8 Å². The van der Waals surface area contributed by atoms with Gasteiger partial charge in [-0.25, -0.2) is 4.79 Å². The molecule has 0 bridgehead atoms. The molecule has 1 N–H and O–H groups in total. The highest BCUT2D eigenvalue weighted by Crippen LogP contribution is 2.50. The van der Waals surface area contributed by atoms with Crippen molar-refractivity contribution >= 4 is 34.7 Å². The van der Waals surface area contributed by atoms with Gasteiger partial charge in [0.15, 0.2) is 5.60 Å². The van der Waals surface area contributed by atoms with Gasteiger partial charge in [-0.15, -0.1) is 0 Å². The second-order valence-corrected chi connectivity index (χ2v) is 13.5. The molecule has 0 spiro atoms. The molecule has 13 nitrogen and oxygen atoms in total. The van der Waals surface area contributed by atoms with Gasteiger partial charge in [-0.2, -0.15) is 0 Å². The first kappa shape index (κ1) is 33.1. The molecule has 3 unspecified atom stereocenters. The number of nitrogens with zero attached hydrogens (tertiary/aromatic N) is 3. The first-order valence-electron chi connectivity index (χ1n) is 16.2. The fourth-order valence-electron chi connectivity index (χ4n) is 7.65. The molecule has 1 aromatic heterocycles. The number of hydrogen-bond acceptors (Lipinski definition) is 12. The Morgan fingerprint density at radius 1 is 1.13 bits per heavy atom. The maximum absolute atomic E-state index is 13.7. The van der Waals surface area contributed by atoms with Gasteiger partial charge in [-0.1, -0.05) is 13.8 Å². The van der Waals surface area contributed by atoms with Gasteiger partial charge < -0.3 is 38.6 Å². The molecule has 1 amide bonds. The average Bonchev–Trinajstić information content (AvgIpc) is 3.37. The second kappa shape index (κ2) is 12.3. The van der Waals surface area contributed by atoms with Crippen molar-refractivity contribution in [1.82, 2.24) is 14.8 Å². The summed E-state index contributed by atoms with van der Waals surface area (Å²) in [5.41, 5.74) is 1.42. The number of fused-ring (bicyclic) bond motifs is 5. The number of carbonyl (C=O) groups excluding carboxylic acids is 4. The minimum absolute atomic E-state index is 0.0411. The predicted octanol–water partition coefficient (Wildman–Crippen LogP) is 2.64. The third-order valence-electron chi connectivity index (χ3n) is 10.2. The Morgan fingerprint density at radius 3 is 2.49 bits per heavy atom. The second-order valence-electron chi connectivity index (χ2n) is 13.5. The van der Waals surface area contributed by atoms with E-state index in [1.165, 1.54) is 13.8 Å². The molecule has 3 fully saturated rings. The summed E-state index contributed by atoms with van der Waals surface area (Å²) in [5.74, 6) is -2.84. The van der Waals surface area contributed by atoms with Crippen LogP contribution in [0.2, 0.25) is 0 Å². The van der Waals surface area contributed by atoms with E-state index < -0.39 is 53.8 Å². The highest BCUT2D eigenvalue weighted by atomic mass is 16.7. The lowest BCUT2D eigenvalue weighted by Gasteiger charge is -2.48. The van der Waals surface area contributed by atoms with Crippen LogP contribution in [-0.4, -0.2) is 94.6 Å². The fraction of sp³-hybridized carbons (Fsp3) is 0.618. The smallest absolute Gasteiger partial charge is 0.338 e. The van der Waals surface area contributed by atoms with Gasteiger partial charge in [-0.3, -0.25) is 19.4 Å². The van der Waals surface area contributed by atoms with E-state index in [9.17, 15) is 24.3 Å². The van der Waals surface area contributed by atoms with E-state index in [4.69, 9.17) is 28.7 Å². The monoisotopic (exact) mass is 653 g/mol. The molecule has 5 heterocycles. The van der Waals surface area contributed by atoms with Gasteiger partial charge >= 0.3 is 17.9 Å². The number of esters is 3. The maximum Gasteiger partial charge on any atom is 0.338 e. The van der Waals surface area contributed by atoms with Crippen molar-refractivity contribution in [2.75, 3.05) is 20.7 Å². The lowest BCUT2D eigenvalue weighted by molar-refractivity contribution is -0.263. The van der Waals surface area contributed by atoms with Crippen LogP contribution in [0, 0.1) is 17.8 Å². The number of benzene rings is 1. The van der Waals surface area contributed by atoms with Gasteiger partial charge in [0.25, 0.3) is 0 Å². The van der Waals surface area contributed by atoms with E-state index in [1.54, 1.807) is 17.9 Å². The Hall–Kier alpha value is -3.81. The fourth-order valence-corrected chi connectivity index (χ4v) is 7.65. The summed E-state index contributed by atoms with van der Waals surface area (Å²) in [6.07, 6.45) is -2.66. The predicted molar refractivity (Wildman–Crippen MR) is 165 cm³/mol. The van der Waals surface area contributed by atoms with Crippen molar-refractivity contribution in [3.63, 3.8) is 0 Å². The van der Waals surface area contributed by atoms with Gasteiger partial charge in [0.1, 0.15) is 18.5 Å². The Bertz CT molecular complexity index is 1610. The summed E-state index contributed by atoms with van der Waals surface area (Å²) >= 11 is 0. The molecule has 47 heavy (non-hydrogen) atoms. The summed E-state index contributed by atoms with van der Waals surface area (Å²) < 4.78 is 29.2. The first-order chi connectivity index (χ1) is 22.2. The number of piperidine rings is 1. The molecule has 0 radical (unpaired) electrons. The molecule has 3 saturated heterocycles. The Morgan fingerprint density at radius 2 is 1.83 bits per heavy atom. The molecule has 13 heteroatoms. The Balaban J connectivity index is 1.38. The van der Waals surface area contributed by atoms with Crippen molar-refractivity contribution in [3.05, 3.63) is 35.0 Å². The van der Waals surface area contributed by atoms with Gasteiger partial charge in [0.05, 0.1) is 29.3 Å². The average molecular weight is 654 g/mol. The van der Waals surface area contributed by atoms with E-state index in [0.717, 1.165) is 22.2 Å². The van der Waals surface area contributed by atoms with E-state index >= 15 is 0 Å². The number of carbonyl (C=O) groups is 4. The number of amides is 1. The van der Waals surface area contributed by atoms with Crippen LogP contribution in [0.1, 0.15) is 70.3 Å². The molecular formula is C34H43N3O10.